The van der Waals surface area contributed by atoms with Crippen molar-refractivity contribution in [2.75, 3.05) is 19.8 Å². The largest absolute Gasteiger partial charge is 0.462 e. The lowest BCUT2D eigenvalue weighted by atomic mass is 10.2. The van der Waals surface area contributed by atoms with Gasteiger partial charge in [-0.3, -0.25) is 0 Å². The Kier molecular flexibility index (Phi) is 26.9. The van der Waals surface area contributed by atoms with Gasteiger partial charge in [0.2, 0.25) is 0 Å². The fourth-order valence-corrected chi connectivity index (χ4v) is 2.49. The van der Waals surface area contributed by atoms with E-state index in [1.54, 1.807) is 19.1 Å². The Hall–Kier alpha value is -2.95. The van der Waals surface area contributed by atoms with E-state index in [1.165, 1.54) is 11.1 Å². The fraction of sp³-hybridized carbons (Fsp3) is 0.387. The van der Waals surface area contributed by atoms with Gasteiger partial charge in [0.05, 0.1) is 25.4 Å². The van der Waals surface area contributed by atoms with Crippen LogP contribution in [-0.2, 0) is 27.4 Å². The second kappa shape index (κ2) is 25.7. The van der Waals surface area contributed by atoms with Crippen LogP contribution >= 0.6 is 0 Å². The molecule has 3 rings (SSSR count). The minimum atomic E-state index is -0.256. The maximum absolute atomic E-state index is 11.0. The number of carbonyl (C=O) groups is 1. The van der Waals surface area contributed by atoms with Gasteiger partial charge in [-0.05, 0) is 43.5 Å². The molecule has 0 N–H and O–H groups in total. The van der Waals surface area contributed by atoms with Gasteiger partial charge in [0.25, 0.3) is 0 Å². The second-order valence-electron chi connectivity index (χ2n) is 6.75. The van der Waals surface area contributed by atoms with E-state index >= 15 is 0 Å². The predicted molar refractivity (Wildman–Crippen MR) is 151 cm³/mol. The highest BCUT2D eigenvalue weighted by Gasteiger charge is 2.02. The first-order chi connectivity index (χ1) is 15.7. The van der Waals surface area contributed by atoms with E-state index in [0.29, 0.717) is 12.2 Å². The van der Waals surface area contributed by atoms with Crippen LogP contribution in [0.4, 0.5) is 0 Å². The van der Waals surface area contributed by atoms with Crippen molar-refractivity contribution in [2.24, 2.45) is 0 Å². The Morgan fingerprint density at radius 3 is 1.43 bits per heavy atom. The number of esters is 1. The lowest BCUT2D eigenvalue weighted by Gasteiger charge is -2.00. The zero-order valence-corrected chi connectivity index (χ0v) is 19.5. The quantitative estimate of drug-likeness (QED) is 0.225. The van der Waals surface area contributed by atoms with E-state index in [9.17, 15) is 4.79 Å². The third-order valence-electron chi connectivity index (χ3n) is 4.06. The molecule has 196 valence electrons. The van der Waals surface area contributed by atoms with E-state index in [1.807, 2.05) is 61.5 Å². The van der Waals surface area contributed by atoms with Gasteiger partial charge in [-0.2, -0.15) is 0 Å². The minimum absolute atomic E-state index is 0. The molecule has 0 aromatic heterocycles. The van der Waals surface area contributed by atoms with Gasteiger partial charge in [0.1, 0.15) is 0 Å². The number of hydrogen-bond donors (Lipinski definition) is 0. The van der Waals surface area contributed by atoms with Crippen molar-refractivity contribution >= 4 is 5.97 Å². The second-order valence-corrected chi connectivity index (χ2v) is 6.75. The maximum atomic E-state index is 11.0. The average Bonchev–Trinajstić information content (AvgIpc) is 2.86. The molecule has 0 bridgehead atoms. The summed E-state index contributed by atoms with van der Waals surface area (Å²) >= 11 is 0. The molecule has 4 nitrogen and oxygen atoms in total. The molecule has 0 aliphatic carbocycles. The zero-order valence-electron chi connectivity index (χ0n) is 19.5. The van der Waals surface area contributed by atoms with Crippen LogP contribution in [0.2, 0.25) is 0 Å². The molecule has 3 aromatic rings. The van der Waals surface area contributed by atoms with Crippen LogP contribution in [0.5, 0.6) is 0 Å². The zero-order chi connectivity index (χ0) is 23.3. The number of carbonyl (C=O) groups excluding carboxylic acids is 1. The van der Waals surface area contributed by atoms with Crippen molar-refractivity contribution in [1.82, 2.24) is 0 Å². The molecular formula is C31H48O4. The van der Waals surface area contributed by atoms with Crippen LogP contribution in [0.3, 0.4) is 0 Å². The summed E-state index contributed by atoms with van der Waals surface area (Å²) in [5.41, 5.74) is 3.10. The summed E-state index contributed by atoms with van der Waals surface area (Å²) < 4.78 is 15.4. The van der Waals surface area contributed by atoms with Crippen LogP contribution in [0.15, 0.2) is 91.0 Å². The summed E-state index contributed by atoms with van der Waals surface area (Å²) in [4.78, 5) is 11.0. The first kappa shape index (κ1) is 36.6. The molecule has 0 saturated carbocycles. The van der Waals surface area contributed by atoms with Gasteiger partial charge in [-0.15, -0.1) is 0 Å². The molecule has 0 amide bonds. The lowest BCUT2D eigenvalue weighted by Crippen LogP contribution is -2.03. The van der Waals surface area contributed by atoms with Crippen molar-refractivity contribution in [2.45, 2.75) is 62.7 Å². The Balaban J connectivity index is -0.000000421. The highest BCUT2D eigenvalue weighted by atomic mass is 16.5. The van der Waals surface area contributed by atoms with Crippen molar-refractivity contribution in [3.8, 4) is 0 Å². The lowest BCUT2D eigenvalue weighted by molar-refractivity contribution is 0.0526. The summed E-state index contributed by atoms with van der Waals surface area (Å²) in [7, 11) is 0. The van der Waals surface area contributed by atoms with Crippen molar-refractivity contribution < 1.29 is 19.0 Å². The third-order valence-corrected chi connectivity index (χ3v) is 4.06. The normalized spacial score (nSPS) is 8.77. The number of ether oxygens (including phenoxy) is 3. The molecular weight excluding hydrogens is 436 g/mol. The Morgan fingerprint density at radius 2 is 1.03 bits per heavy atom. The molecule has 0 unspecified atom stereocenters. The van der Waals surface area contributed by atoms with E-state index in [4.69, 9.17) is 14.2 Å². The highest BCUT2D eigenvalue weighted by Crippen LogP contribution is 2.01. The first-order valence-corrected chi connectivity index (χ1v) is 11.2. The summed E-state index contributed by atoms with van der Waals surface area (Å²) in [6.45, 7) is 9.46. The van der Waals surface area contributed by atoms with Crippen LogP contribution in [0, 0.1) is 0 Å². The van der Waals surface area contributed by atoms with Gasteiger partial charge in [-0.1, -0.05) is 108 Å². The van der Waals surface area contributed by atoms with Gasteiger partial charge >= 0.3 is 5.97 Å². The van der Waals surface area contributed by atoms with E-state index < -0.39 is 0 Å². The summed E-state index contributed by atoms with van der Waals surface area (Å²) in [6.07, 6.45) is 1.09. The molecule has 35 heavy (non-hydrogen) atoms. The monoisotopic (exact) mass is 484 g/mol. The maximum Gasteiger partial charge on any atom is 0.338 e. The SMILES string of the molecule is C.C.C.CCCOCc1ccccc1.CCOC(=O)c1ccccc1.CCOCc1ccccc1. The molecule has 0 aliphatic heterocycles. The van der Waals surface area contributed by atoms with Crippen molar-refractivity contribution in [1.29, 1.82) is 0 Å². The third kappa shape index (κ3) is 19.1. The van der Waals surface area contributed by atoms with Gasteiger partial charge in [-0.25, -0.2) is 4.79 Å². The number of hydrogen-bond acceptors (Lipinski definition) is 4. The van der Waals surface area contributed by atoms with Crippen molar-refractivity contribution in [3.05, 3.63) is 108 Å². The van der Waals surface area contributed by atoms with Gasteiger partial charge in [0.15, 0.2) is 0 Å². The van der Waals surface area contributed by atoms with E-state index in [-0.39, 0.29) is 28.2 Å². The average molecular weight is 485 g/mol. The summed E-state index contributed by atoms with van der Waals surface area (Å²) in [5, 5.41) is 0. The predicted octanol–water partition coefficient (Wildman–Crippen LogP) is 8.61. The molecule has 0 saturated heterocycles. The summed E-state index contributed by atoms with van der Waals surface area (Å²) in [6, 6.07) is 29.4. The van der Waals surface area contributed by atoms with Gasteiger partial charge < -0.3 is 14.2 Å². The smallest absolute Gasteiger partial charge is 0.338 e. The molecule has 0 heterocycles. The molecule has 0 atom stereocenters. The molecule has 0 radical (unpaired) electrons. The van der Waals surface area contributed by atoms with E-state index in [0.717, 1.165) is 32.8 Å². The van der Waals surface area contributed by atoms with Crippen LogP contribution in [0.25, 0.3) is 0 Å². The van der Waals surface area contributed by atoms with E-state index in [2.05, 4.69) is 31.2 Å². The number of rotatable bonds is 9. The Morgan fingerprint density at radius 1 is 0.600 bits per heavy atom. The Bertz CT molecular complexity index is 805. The van der Waals surface area contributed by atoms with Gasteiger partial charge in [0, 0.05) is 13.2 Å². The van der Waals surface area contributed by atoms with Crippen LogP contribution in [0.1, 0.15) is 71.0 Å². The minimum Gasteiger partial charge on any atom is -0.462 e. The van der Waals surface area contributed by atoms with Crippen molar-refractivity contribution in [3.63, 3.8) is 0 Å². The van der Waals surface area contributed by atoms with Crippen LogP contribution in [-0.4, -0.2) is 25.8 Å². The molecule has 4 heteroatoms. The number of benzene rings is 3. The standard InChI is InChI=1S/C10H14O.C9H10O2.C9H12O.3CH4/c1-2-8-11-9-10-6-4-3-5-7-10;1-2-11-9(10)8-6-4-3-5-7-8;1-2-10-8-9-6-4-3-5-7-9;;;/h3-7H,2,8-9H2,1H3;3-7H,2H2,1H3;3-7H,2,8H2,1H3;3*1H4. The highest BCUT2D eigenvalue weighted by molar-refractivity contribution is 5.89. The fourth-order valence-electron chi connectivity index (χ4n) is 2.49. The molecule has 0 aliphatic rings. The first-order valence-electron chi connectivity index (χ1n) is 11.2. The molecule has 3 aromatic carbocycles. The summed E-state index contributed by atoms with van der Waals surface area (Å²) in [5.74, 6) is -0.256. The Labute approximate surface area is 215 Å². The van der Waals surface area contributed by atoms with Crippen LogP contribution < -0.4 is 0 Å². The molecule has 0 spiro atoms. The molecule has 0 fully saturated rings. The topological polar surface area (TPSA) is 44.8 Å².